The van der Waals surface area contributed by atoms with Crippen LogP contribution in [0.1, 0.15) is 33.1 Å². The average Bonchev–Trinajstić information content (AvgIpc) is 1.97. The van der Waals surface area contributed by atoms with Crippen LogP contribution in [0.2, 0.25) is 0 Å². The van der Waals surface area contributed by atoms with Crippen molar-refractivity contribution in [3.8, 4) is 0 Å². The second-order valence-electron chi connectivity index (χ2n) is 3.48. The maximum Gasteiger partial charge on any atom is 0.0326 e. The van der Waals surface area contributed by atoms with E-state index in [1.165, 1.54) is 32.4 Å². The van der Waals surface area contributed by atoms with Gasteiger partial charge in [-0.25, -0.2) is 0 Å². The van der Waals surface area contributed by atoms with Crippen molar-refractivity contribution >= 4 is 0 Å². The van der Waals surface area contributed by atoms with Crippen LogP contribution >= 0.6 is 0 Å². The Hall–Kier alpha value is -0.0800. The molecule has 2 heteroatoms. The van der Waals surface area contributed by atoms with E-state index in [1.54, 1.807) is 0 Å². The summed E-state index contributed by atoms with van der Waals surface area (Å²) in [6.45, 7) is 7.83. The Labute approximate surface area is 69.8 Å². The van der Waals surface area contributed by atoms with E-state index in [0.29, 0.717) is 5.54 Å². The van der Waals surface area contributed by atoms with E-state index in [9.17, 15) is 0 Å². The van der Waals surface area contributed by atoms with Gasteiger partial charge in [0.25, 0.3) is 0 Å². The lowest BCUT2D eigenvalue weighted by molar-refractivity contribution is 0.0284. The molecule has 1 heterocycles. The largest absolute Gasteiger partial charge is 0.329 e. The first-order valence-corrected chi connectivity index (χ1v) is 4.74. The molecule has 1 aliphatic rings. The first kappa shape index (κ1) is 9.01. The van der Waals surface area contributed by atoms with Crippen LogP contribution in [0.5, 0.6) is 0 Å². The van der Waals surface area contributed by atoms with Gasteiger partial charge in [0.05, 0.1) is 0 Å². The summed E-state index contributed by atoms with van der Waals surface area (Å²) in [5.74, 6) is 0. The lowest BCUT2D eigenvalue weighted by Crippen LogP contribution is -2.58. The van der Waals surface area contributed by atoms with Crippen LogP contribution in [-0.2, 0) is 0 Å². The number of hydrogen-bond acceptors (Lipinski definition) is 2. The fraction of sp³-hybridized carbons (Fsp3) is 1.00. The van der Waals surface area contributed by atoms with Crippen molar-refractivity contribution < 1.29 is 0 Å². The zero-order valence-corrected chi connectivity index (χ0v) is 7.77. The summed E-state index contributed by atoms with van der Waals surface area (Å²) in [6.07, 6.45) is 3.75. The molecule has 1 saturated heterocycles. The summed E-state index contributed by atoms with van der Waals surface area (Å²) in [6, 6.07) is 0. The molecule has 0 aromatic carbocycles. The molecule has 0 spiro atoms. The SMILES string of the molecule is CCC(CC)(CN)N1CCC1. The average molecular weight is 156 g/mol. The number of nitrogens with zero attached hydrogens (tertiary/aromatic N) is 1. The molecule has 2 nitrogen and oxygen atoms in total. The van der Waals surface area contributed by atoms with Gasteiger partial charge in [-0.3, -0.25) is 4.90 Å². The molecule has 0 aliphatic carbocycles. The summed E-state index contributed by atoms with van der Waals surface area (Å²) >= 11 is 0. The van der Waals surface area contributed by atoms with Gasteiger partial charge >= 0.3 is 0 Å². The van der Waals surface area contributed by atoms with Crippen LogP contribution < -0.4 is 5.73 Å². The van der Waals surface area contributed by atoms with Gasteiger partial charge in [-0.05, 0) is 32.4 Å². The second kappa shape index (κ2) is 3.55. The molecule has 2 N–H and O–H groups in total. The summed E-state index contributed by atoms with van der Waals surface area (Å²) in [7, 11) is 0. The lowest BCUT2D eigenvalue weighted by Gasteiger charge is -2.47. The van der Waals surface area contributed by atoms with E-state index >= 15 is 0 Å². The van der Waals surface area contributed by atoms with Crippen LogP contribution in [0.15, 0.2) is 0 Å². The van der Waals surface area contributed by atoms with Gasteiger partial charge in [-0.1, -0.05) is 13.8 Å². The predicted molar refractivity (Wildman–Crippen MR) is 48.6 cm³/mol. The van der Waals surface area contributed by atoms with Crippen LogP contribution in [0.25, 0.3) is 0 Å². The van der Waals surface area contributed by atoms with Crippen molar-refractivity contribution in [3.63, 3.8) is 0 Å². The summed E-state index contributed by atoms with van der Waals surface area (Å²) in [5.41, 5.74) is 6.13. The Morgan fingerprint density at radius 2 is 1.82 bits per heavy atom. The molecule has 0 radical (unpaired) electrons. The van der Waals surface area contributed by atoms with Crippen LogP contribution in [0.3, 0.4) is 0 Å². The van der Waals surface area contributed by atoms with Crippen molar-refractivity contribution in [2.24, 2.45) is 5.73 Å². The molecule has 0 unspecified atom stereocenters. The molecule has 0 saturated carbocycles. The minimum absolute atomic E-state index is 0.332. The zero-order valence-electron chi connectivity index (χ0n) is 7.77. The molecule has 1 rings (SSSR count). The normalized spacial score (nSPS) is 19.9. The highest BCUT2D eigenvalue weighted by molar-refractivity contribution is 4.92. The third-order valence-electron chi connectivity index (χ3n) is 3.22. The van der Waals surface area contributed by atoms with Gasteiger partial charge in [-0.2, -0.15) is 0 Å². The number of hydrogen-bond donors (Lipinski definition) is 1. The van der Waals surface area contributed by atoms with Crippen molar-refractivity contribution in [3.05, 3.63) is 0 Å². The summed E-state index contributed by atoms with van der Waals surface area (Å²) in [5, 5.41) is 0. The minimum atomic E-state index is 0.332. The topological polar surface area (TPSA) is 29.3 Å². The fourth-order valence-corrected chi connectivity index (χ4v) is 1.91. The minimum Gasteiger partial charge on any atom is -0.329 e. The smallest absolute Gasteiger partial charge is 0.0326 e. The Balaban J connectivity index is 2.54. The number of nitrogens with two attached hydrogens (primary N) is 1. The molecule has 0 bridgehead atoms. The van der Waals surface area contributed by atoms with E-state index in [2.05, 4.69) is 18.7 Å². The molecule has 0 aromatic heterocycles. The van der Waals surface area contributed by atoms with Gasteiger partial charge in [0.15, 0.2) is 0 Å². The van der Waals surface area contributed by atoms with E-state index in [-0.39, 0.29) is 0 Å². The summed E-state index contributed by atoms with van der Waals surface area (Å²) < 4.78 is 0. The van der Waals surface area contributed by atoms with Crippen LogP contribution in [-0.4, -0.2) is 30.1 Å². The van der Waals surface area contributed by atoms with Gasteiger partial charge in [0, 0.05) is 12.1 Å². The first-order valence-electron chi connectivity index (χ1n) is 4.74. The van der Waals surface area contributed by atoms with Gasteiger partial charge in [0.1, 0.15) is 0 Å². The van der Waals surface area contributed by atoms with E-state index < -0.39 is 0 Å². The Kier molecular flexibility index (Phi) is 2.90. The fourth-order valence-electron chi connectivity index (χ4n) is 1.91. The highest BCUT2D eigenvalue weighted by Gasteiger charge is 2.34. The number of rotatable bonds is 4. The third kappa shape index (κ3) is 1.42. The highest BCUT2D eigenvalue weighted by atomic mass is 15.2. The Morgan fingerprint density at radius 1 is 1.27 bits per heavy atom. The lowest BCUT2D eigenvalue weighted by atomic mass is 9.88. The van der Waals surface area contributed by atoms with Crippen LogP contribution in [0, 0.1) is 0 Å². The monoisotopic (exact) mass is 156 g/mol. The highest BCUT2D eigenvalue weighted by Crippen LogP contribution is 2.27. The first-order chi connectivity index (χ1) is 5.29. The molecule has 66 valence electrons. The van der Waals surface area contributed by atoms with Gasteiger partial charge < -0.3 is 5.73 Å². The van der Waals surface area contributed by atoms with Gasteiger partial charge in [-0.15, -0.1) is 0 Å². The standard InChI is InChI=1S/C9H20N2/c1-3-9(4-2,8-10)11-6-5-7-11/h3-8,10H2,1-2H3. The van der Waals surface area contributed by atoms with Crippen molar-refractivity contribution in [2.45, 2.75) is 38.6 Å². The predicted octanol–water partition coefficient (Wildman–Crippen LogP) is 1.21. The van der Waals surface area contributed by atoms with Crippen LogP contribution in [0.4, 0.5) is 0 Å². The maximum atomic E-state index is 5.80. The molecule has 0 atom stereocenters. The van der Waals surface area contributed by atoms with Gasteiger partial charge in [0.2, 0.25) is 0 Å². The van der Waals surface area contributed by atoms with Crippen molar-refractivity contribution in [2.75, 3.05) is 19.6 Å². The third-order valence-corrected chi connectivity index (χ3v) is 3.22. The molecule has 1 aliphatic heterocycles. The van der Waals surface area contributed by atoms with Crippen molar-refractivity contribution in [1.29, 1.82) is 0 Å². The maximum absolute atomic E-state index is 5.80. The molecule has 11 heavy (non-hydrogen) atoms. The Morgan fingerprint density at radius 3 is 1.91 bits per heavy atom. The second-order valence-corrected chi connectivity index (χ2v) is 3.48. The Bertz CT molecular complexity index is 106. The quantitative estimate of drug-likeness (QED) is 0.663. The van der Waals surface area contributed by atoms with E-state index in [0.717, 1.165) is 6.54 Å². The molecule has 0 aromatic rings. The summed E-state index contributed by atoms with van der Waals surface area (Å²) in [4.78, 5) is 2.53. The molecular weight excluding hydrogens is 136 g/mol. The molecular formula is C9H20N2. The van der Waals surface area contributed by atoms with E-state index in [1.807, 2.05) is 0 Å². The van der Waals surface area contributed by atoms with Crippen molar-refractivity contribution in [1.82, 2.24) is 4.90 Å². The zero-order chi connectivity index (χ0) is 8.32. The number of likely N-dealkylation sites (tertiary alicyclic amines) is 1. The molecule has 0 amide bonds. The van der Waals surface area contributed by atoms with E-state index in [4.69, 9.17) is 5.73 Å². The molecule has 1 fully saturated rings.